The first-order valence-corrected chi connectivity index (χ1v) is 16.9. The van der Waals surface area contributed by atoms with E-state index < -0.39 is 46.0 Å². The number of piperidine rings is 1. The number of benzene rings is 2. The molecule has 1 fully saturated rings. The summed E-state index contributed by atoms with van der Waals surface area (Å²) in [5.74, 6) is -4.23. The molecule has 266 valence electrons. The van der Waals surface area contributed by atoms with Crippen LogP contribution < -0.4 is 15.2 Å². The van der Waals surface area contributed by atoms with Crippen molar-refractivity contribution in [1.82, 2.24) is 29.4 Å². The second-order valence-electron chi connectivity index (χ2n) is 12.1. The number of nitrogens with two attached hydrogens (primary N) is 1. The number of pyridine rings is 1. The zero-order chi connectivity index (χ0) is 36.1. The van der Waals surface area contributed by atoms with E-state index >= 15 is 0 Å². The minimum Gasteiger partial charge on any atom is -0.484 e. The number of hydrogen-bond acceptors (Lipinski definition) is 8. The highest BCUT2D eigenvalue weighted by atomic mass is 32.2. The summed E-state index contributed by atoms with van der Waals surface area (Å²) in [7, 11) is -1.97. The number of ether oxygens (including phenoxy) is 1. The van der Waals surface area contributed by atoms with Gasteiger partial charge in [0.15, 0.2) is 0 Å². The molecule has 0 amide bonds. The quantitative estimate of drug-likeness (QED) is 0.164. The van der Waals surface area contributed by atoms with Crippen LogP contribution >= 0.6 is 0 Å². The van der Waals surface area contributed by atoms with Gasteiger partial charge in [-0.05, 0) is 56.6 Å². The zero-order valence-corrected chi connectivity index (χ0v) is 27.7. The Bertz CT molecular complexity index is 2140. The molecule has 5 aromatic rings. The average molecular weight is 723 g/mol. The molecule has 0 bridgehead atoms. The number of hydrogen-bond donors (Lipinski definition) is 2. The molecule has 3 atom stereocenters. The molecule has 0 saturated carbocycles. The Hall–Kier alpha value is -4.84. The van der Waals surface area contributed by atoms with Crippen molar-refractivity contribution in [3.05, 3.63) is 72.4 Å². The fourth-order valence-electron chi connectivity index (χ4n) is 6.15. The summed E-state index contributed by atoms with van der Waals surface area (Å²) >= 11 is 0. The molecule has 0 aliphatic carbocycles. The van der Waals surface area contributed by atoms with E-state index in [4.69, 9.17) is 10.5 Å². The van der Waals surface area contributed by atoms with Crippen LogP contribution in [0.4, 0.5) is 37.8 Å². The van der Waals surface area contributed by atoms with Crippen LogP contribution in [0.1, 0.15) is 37.5 Å². The van der Waals surface area contributed by atoms with Gasteiger partial charge in [-0.2, -0.15) is 32.1 Å². The van der Waals surface area contributed by atoms with E-state index in [0.29, 0.717) is 45.3 Å². The van der Waals surface area contributed by atoms with E-state index in [9.17, 15) is 34.8 Å². The van der Waals surface area contributed by atoms with Crippen molar-refractivity contribution in [2.24, 2.45) is 7.05 Å². The SMILES string of the molecule is C[C@H](Oc1cc(-c2nn(C)c3c(-c4cnn(C5CCN(C)C(C(F)(F)F)C5)c4)cnc(N)c23)ccc1NS(=O)(=O)C(F)F)c1ccc(F)cc1. The number of aromatic nitrogens is 5. The van der Waals surface area contributed by atoms with E-state index in [1.807, 2.05) is 4.72 Å². The van der Waals surface area contributed by atoms with E-state index in [2.05, 4.69) is 15.2 Å². The minimum absolute atomic E-state index is 0.0900. The number of aryl methyl sites for hydroxylation is 1. The molecule has 0 radical (unpaired) electrons. The molecule has 0 spiro atoms. The van der Waals surface area contributed by atoms with Gasteiger partial charge in [0.25, 0.3) is 10.0 Å². The number of nitrogens with one attached hydrogen (secondary N) is 1. The first-order chi connectivity index (χ1) is 23.5. The molecule has 11 nitrogen and oxygen atoms in total. The summed E-state index contributed by atoms with van der Waals surface area (Å²) in [6, 6.07) is 7.40. The smallest absolute Gasteiger partial charge is 0.404 e. The number of nitrogens with zero attached hydrogens (tertiary/aromatic N) is 6. The lowest BCUT2D eigenvalue weighted by molar-refractivity contribution is -0.191. The first-order valence-electron chi connectivity index (χ1n) is 15.3. The molecule has 18 heteroatoms. The van der Waals surface area contributed by atoms with E-state index in [0.717, 1.165) is 0 Å². The Kier molecular flexibility index (Phi) is 9.19. The molecule has 4 heterocycles. The van der Waals surface area contributed by atoms with Crippen LogP contribution in [-0.2, 0) is 17.1 Å². The van der Waals surface area contributed by atoms with E-state index in [1.54, 1.807) is 24.9 Å². The van der Waals surface area contributed by atoms with Crippen LogP contribution in [0.2, 0.25) is 0 Å². The fourth-order valence-corrected chi connectivity index (χ4v) is 6.72. The van der Waals surface area contributed by atoms with Gasteiger partial charge in [-0.3, -0.25) is 19.0 Å². The fraction of sp³-hybridized carbons (Fsp3) is 0.344. The monoisotopic (exact) mass is 722 g/mol. The third kappa shape index (κ3) is 6.81. The maximum atomic E-state index is 13.7. The van der Waals surface area contributed by atoms with Gasteiger partial charge in [0.1, 0.15) is 35.2 Å². The van der Waals surface area contributed by atoms with Crippen LogP contribution in [0.25, 0.3) is 33.3 Å². The van der Waals surface area contributed by atoms with Crippen LogP contribution in [0.3, 0.4) is 0 Å². The van der Waals surface area contributed by atoms with Gasteiger partial charge < -0.3 is 10.5 Å². The zero-order valence-electron chi connectivity index (χ0n) is 26.9. The molecule has 1 aliphatic heterocycles. The molecule has 50 heavy (non-hydrogen) atoms. The van der Waals surface area contributed by atoms with Crippen LogP contribution in [0, 0.1) is 5.82 Å². The molecule has 2 aromatic carbocycles. The number of rotatable bonds is 9. The Morgan fingerprint density at radius 2 is 1.78 bits per heavy atom. The Balaban J connectivity index is 1.39. The summed E-state index contributed by atoms with van der Waals surface area (Å²) in [5, 5.41) is 9.45. The standard InChI is InChI=1S/C32H32F6N8O3S/c1-17(18-4-7-21(33)8-5-18)49-25-12-19(6-9-24(25)43-50(47,48)31(34)35)28-27-29(45(3)42-28)23(15-40-30(27)39)20-14-41-46(16-20)22-10-11-44(2)26(13-22)32(36,37)38/h4-9,12,14-17,22,26,31,43H,10-11,13H2,1-3H3,(H2,39,40)/t17-,22?,26?/m0/s1. The summed E-state index contributed by atoms with van der Waals surface area (Å²) in [4.78, 5) is 5.65. The highest BCUT2D eigenvalue weighted by molar-refractivity contribution is 7.93. The maximum absolute atomic E-state index is 13.7. The van der Waals surface area contributed by atoms with Gasteiger partial charge in [-0.15, -0.1) is 0 Å². The number of halogens is 6. The van der Waals surface area contributed by atoms with Crippen LogP contribution in [-0.4, -0.2) is 69.4 Å². The maximum Gasteiger partial charge on any atom is 0.404 e. The van der Waals surface area contributed by atoms with E-state index in [-0.39, 0.29) is 30.2 Å². The van der Waals surface area contributed by atoms with Gasteiger partial charge in [0.05, 0.1) is 28.8 Å². The topological polar surface area (TPSA) is 133 Å². The lowest BCUT2D eigenvalue weighted by Crippen LogP contribution is -2.49. The molecular formula is C32H32F6N8O3S. The van der Waals surface area contributed by atoms with Gasteiger partial charge >= 0.3 is 11.9 Å². The van der Waals surface area contributed by atoms with Crippen LogP contribution in [0.5, 0.6) is 5.75 Å². The van der Waals surface area contributed by atoms with Crippen molar-refractivity contribution >= 4 is 32.4 Å². The van der Waals surface area contributed by atoms with Gasteiger partial charge in [0.2, 0.25) is 0 Å². The summed E-state index contributed by atoms with van der Waals surface area (Å²) < 4.78 is 116. The number of likely N-dealkylation sites (tertiary alicyclic amines) is 1. The van der Waals surface area contributed by atoms with Crippen molar-refractivity contribution in [2.45, 2.75) is 49.9 Å². The number of fused-ring (bicyclic) bond motifs is 1. The summed E-state index contributed by atoms with van der Waals surface area (Å²) in [6.45, 7) is 1.87. The van der Waals surface area contributed by atoms with Crippen molar-refractivity contribution in [3.8, 4) is 28.1 Å². The Morgan fingerprint density at radius 3 is 2.46 bits per heavy atom. The van der Waals surface area contributed by atoms with Crippen molar-refractivity contribution in [2.75, 3.05) is 24.0 Å². The van der Waals surface area contributed by atoms with Crippen molar-refractivity contribution in [3.63, 3.8) is 0 Å². The van der Waals surface area contributed by atoms with Gasteiger partial charge in [-0.25, -0.2) is 17.8 Å². The second-order valence-corrected chi connectivity index (χ2v) is 13.8. The van der Waals surface area contributed by atoms with Crippen molar-refractivity contribution in [1.29, 1.82) is 0 Å². The largest absolute Gasteiger partial charge is 0.484 e. The van der Waals surface area contributed by atoms with Crippen LogP contribution in [0.15, 0.2) is 61.1 Å². The summed E-state index contributed by atoms with van der Waals surface area (Å²) in [6.07, 6.45) is -0.117. The van der Waals surface area contributed by atoms with Crippen molar-refractivity contribution < 1.29 is 39.5 Å². The second kappa shape index (κ2) is 13.1. The highest BCUT2D eigenvalue weighted by Crippen LogP contribution is 2.41. The number of nitrogen functional groups attached to an aromatic ring is 1. The van der Waals surface area contributed by atoms with E-state index in [1.165, 1.54) is 71.5 Å². The molecule has 3 N–H and O–H groups in total. The normalized spacial score (nSPS) is 18.1. The predicted octanol–water partition coefficient (Wildman–Crippen LogP) is 6.52. The predicted molar refractivity (Wildman–Crippen MR) is 174 cm³/mol. The average Bonchev–Trinajstić information content (AvgIpc) is 3.68. The summed E-state index contributed by atoms with van der Waals surface area (Å²) in [5.41, 5.74) is 8.91. The first kappa shape index (κ1) is 35.0. The minimum atomic E-state index is -5.08. The molecule has 1 saturated heterocycles. The Morgan fingerprint density at radius 1 is 1.06 bits per heavy atom. The third-order valence-electron chi connectivity index (χ3n) is 8.78. The molecule has 6 rings (SSSR count). The number of alkyl halides is 5. The lowest BCUT2D eigenvalue weighted by atomic mass is 9.97. The third-order valence-corrected chi connectivity index (χ3v) is 9.76. The number of anilines is 2. The molecule has 3 aromatic heterocycles. The van der Waals surface area contributed by atoms with Gasteiger partial charge in [-0.1, -0.05) is 18.2 Å². The molecule has 2 unspecified atom stereocenters. The lowest BCUT2D eigenvalue weighted by Gasteiger charge is -2.37. The number of sulfonamides is 1. The Labute approximate surface area is 282 Å². The molecular weight excluding hydrogens is 690 g/mol. The van der Waals surface area contributed by atoms with Gasteiger partial charge in [0, 0.05) is 42.7 Å². The highest BCUT2D eigenvalue weighted by Gasteiger charge is 2.46. The molecule has 1 aliphatic rings.